The Bertz CT molecular complexity index is 1430. The molecule has 0 saturated carbocycles. The number of benzene rings is 1. The first-order chi connectivity index (χ1) is 14.3. The fraction of sp³-hybridized carbons (Fsp3) is 0.150. The average molecular weight is 425 g/mol. The summed E-state index contributed by atoms with van der Waals surface area (Å²) in [6.45, 7) is 1.80. The summed E-state index contributed by atoms with van der Waals surface area (Å²) in [7, 11) is 2.89. The predicted octanol–water partition coefficient (Wildman–Crippen LogP) is 2.03. The number of nitrogens with zero attached hydrogens (tertiary/aromatic N) is 5. The number of carbonyl (C=O) groups excluding carboxylic acids is 1. The number of nitrogens with one attached hydrogen (secondary N) is 1. The molecule has 0 bridgehead atoms. The molecule has 3 heterocycles. The Kier molecular flexibility index (Phi) is 4.75. The van der Waals surface area contributed by atoms with Crippen molar-refractivity contribution < 1.29 is 4.79 Å². The zero-order valence-electron chi connectivity index (χ0n) is 16.4. The van der Waals surface area contributed by atoms with Crippen LogP contribution in [0.4, 0.5) is 5.82 Å². The molecular weight excluding hydrogens is 408 g/mol. The van der Waals surface area contributed by atoms with Crippen molar-refractivity contribution in [3.63, 3.8) is 0 Å². The standard InChI is InChI=1S/C20H17ClN6O3/c1-11-9-16(27(24-11)13-6-4-5-12(21)10-13)23-18(28)15-8-7-14-17(22-15)25(2)20(30)26(3)19(14)29/h4-10H,1-3H3,(H,23,28). The molecule has 0 radical (unpaired) electrons. The van der Waals surface area contributed by atoms with Crippen molar-refractivity contribution in [3.05, 3.63) is 79.7 Å². The minimum atomic E-state index is -0.521. The van der Waals surface area contributed by atoms with Gasteiger partial charge in [0.2, 0.25) is 0 Å². The van der Waals surface area contributed by atoms with Crippen LogP contribution in [0.15, 0.2) is 52.1 Å². The summed E-state index contributed by atoms with van der Waals surface area (Å²) in [5.74, 6) is -0.0762. The second-order valence-electron chi connectivity index (χ2n) is 6.79. The lowest BCUT2D eigenvalue weighted by atomic mass is 10.2. The number of hydrogen-bond acceptors (Lipinski definition) is 5. The molecule has 4 aromatic rings. The zero-order valence-corrected chi connectivity index (χ0v) is 17.1. The number of fused-ring (bicyclic) bond motifs is 1. The van der Waals surface area contributed by atoms with Crippen LogP contribution in [-0.4, -0.2) is 29.8 Å². The van der Waals surface area contributed by atoms with E-state index in [1.165, 1.54) is 30.8 Å². The second kappa shape index (κ2) is 7.27. The van der Waals surface area contributed by atoms with Gasteiger partial charge >= 0.3 is 5.69 Å². The van der Waals surface area contributed by atoms with Gasteiger partial charge in [-0.05, 0) is 37.3 Å². The lowest BCUT2D eigenvalue weighted by molar-refractivity contribution is 0.102. The van der Waals surface area contributed by atoms with Crippen LogP contribution in [0.2, 0.25) is 5.02 Å². The maximum atomic E-state index is 12.9. The Morgan fingerprint density at radius 1 is 1.07 bits per heavy atom. The molecule has 0 unspecified atom stereocenters. The molecule has 152 valence electrons. The molecule has 3 aromatic heterocycles. The van der Waals surface area contributed by atoms with Crippen molar-refractivity contribution in [1.29, 1.82) is 0 Å². The highest BCUT2D eigenvalue weighted by Crippen LogP contribution is 2.20. The molecule has 30 heavy (non-hydrogen) atoms. The van der Waals surface area contributed by atoms with Crippen molar-refractivity contribution in [2.75, 3.05) is 5.32 Å². The Morgan fingerprint density at radius 3 is 2.57 bits per heavy atom. The summed E-state index contributed by atoms with van der Waals surface area (Å²) in [4.78, 5) is 41.6. The van der Waals surface area contributed by atoms with Crippen LogP contribution in [-0.2, 0) is 14.1 Å². The van der Waals surface area contributed by atoms with Crippen LogP contribution >= 0.6 is 11.6 Å². The van der Waals surface area contributed by atoms with Gasteiger partial charge in [-0.25, -0.2) is 14.5 Å². The van der Waals surface area contributed by atoms with E-state index in [-0.39, 0.29) is 16.7 Å². The first-order valence-electron chi connectivity index (χ1n) is 8.97. The van der Waals surface area contributed by atoms with Gasteiger partial charge in [-0.1, -0.05) is 17.7 Å². The number of aryl methyl sites for hydroxylation is 2. The van der Waals surface area contributed by atoms with E-state index >= 15 is 0 Å². The third kappa shape index (κ3) is 3.29. The van der Waals surface area contributed by atoms with E-state index in [0.717, 1.165) is 4.57 Å². The third-order valence-corrected chi connectivity index (χ3v) is 4.90. The largest absolute Gasteiger partial charge is 0.332 e. The maximum Gasteiger partial charge on any atom is 0.332 e. The van der Waals surface area contributed by atoms with Crippen molar-refractivity contribution in [1.82, 2.24) is 23.9 Å². The summed E-state index contributed by atoms with van der Waals surface area (Å²) >= 11 is 6.07. The molecule has 1 aromatic carbocycles. The Morgan fingerprint density at radius 2 is 1.83 bits per heavy atom. The molecule has 10 heteroatoms. The summed E-state index contributed by atoms with van der Waals surface area (Å²) in [6, 6.07) is 11.7. The molecule has 0 fully saturated rings. The van der Waals surface area contributed by atoms with Gasteiger partial charge < -0.3 is 5.32 Å². The number of carbonyl (C=O) groups is 1. The number of amides is 1. The lowest BCUT2D eigenvalue weighted by Crippen LogP contribution is -2.37. The van der Waals surface area contributed by atoms with E-state index in [1.807, 2.05) is 6.07 Å². The summed E-state index contributed by atoms with van der Waals surface area (Å²) in [5, 5.41) is 7.96. The fourth-order valence-corrected chi connectivity index (χ4v) is 3.34. The van der Waals surface area contributed by atoms with Crippen molar-refractivity contribution >= 4 is 34.4 Å². The minimum absolute atomic E-state index is 0.0576. The van der Waals surface area contributed by atoms with Crippen LogP contribution in [0, 0.1) is 6.92 Å². The van der Waals surface area contributed by atoms with Crippen LogP contribution in [0.3, 0.4) is 0 Å². The number of pyridine rings is 1. The van der Waals surface area contributed by atoms with Crippen molar-refractivity contribution in [2.45, 2.75) is 6.92 Å². The molecule has 0 atom stereocenters. The van der Waals surface area contributed by atoms with E-state index in [9.17, 15) is 14.4 Å². The highest BCUT2D eigenvalue weighted by molar-refractivity contribution is 6.30. The SMILES string of the molecule is Cc1cc(NC(=O)c2ccc3c(=O)n(C)c(=O)n(C)c3n2)n(-c2cccc(Cl)c2)n1. The third-order valence-electron chi connectivity index (χ3n) is 4.66. The fourth-order valence-electron chi connectivity index (χ4n) is 3.15. The van der Waals surface area contributed by atoms with E-state index in [4.69, 9.17) is 11.6 Å². The van der Waals surface area contributed by atoms with Crippen molar-refractivity contribution in [2.24, 2.45) is 14.1 Å². The van der Waals surface area contributed by atoms with Crippen molar-refractivity contribution in [3.8, 4) is 5.69 Å². The smallest absolute Gasteiger partial charge is 0.305 e. The second-order valence-corrected chi connectivity index (χ2v) is 7.23. The van der Waals surface area contributed by atoms with E-state index < -0.39 is 17.2 Å². The van der Waals surface area contributed by atoms with E-state index in [1.54, 1.807) is 35.9 Å². The quantitative estimate of drug-likeness (QED) is 0.542. The molecule has 0 spiro atoms. The average Bonchev–Trinajstić information content (AvgIpc) is 3.10. The first kappa shape index (κ1) is 19.6. The van der Waals surface area contributed by atoms with Crippen LogP contribution in [0.25, 0.3) is 16.7 Å². The Balaban J connectivity index is 1.75. The monoisotopic (exact) mass is 424 g/mol. The summed E-state index contributed by atoms with van der Waals surface area (Å²) < 4.78 is 3.79. The van der Waals surface area contributed by atoms with E-state index in [0.29, 0.717) is 22.2 Å². The lowest BCUT2D eigenvalue weighted by Gasteiger charge is -2.10. The van der Waals surface area contributed by atoms with Gasteiger partial charge in [-0.3, -0.25) is 18.7 Å². The number of halogens is 1. The number of rotatable bonds is 3. The molecule has 0 aliphatic carbocycles. The number of hydrogen-bond donors (Lipinski definition) is 1. The van der Waals surface area contributed by atoms with Crippen LogP contribution in [0.5, 0.6) is 0 Å². The van der Waals surface area contributed by atoms with E-state index in [2.05, 4.69) is 15.4 Å². The highest BCUT2D eigenvalue weighted by Gasteiger charge is 2.16. The Labute approximate surface area is 175 Å². The highest BCUT2D eigenvalue weighted by atomic mass is 35.5. The normalized spacial score (nSPS) is 11.1. The van der Waals surface area contributed by atoms with Crippen LogP contribution in [0.1, 0.15) is 16.2 Å². The number of anilines is 1. The molecular formula is C20H17ClN6O3. The first-order valence-corrected chi connectivity index (χ1v) is 9.35. The molecule has 9 nitrogen and oxygen atoms in total. The predicted molar refractivity (Wildman–Crippen MR) is 113 cm³/mol. The minimum Gasteiger partial charge on any atom is -0.305 e. The molecule has 0 aliphatic heterocycles. The molecule has 0 aliphatic rings. The van der Waals surface area contributed by atoms with Gasteiger partial charge in [-0.15, -0.1) is 0 Å². The summed E-state index contributed by atoms with van der Waals surface area (Å²) in [5.41, 5.74) is 0.581. The van der Waals surface area contributed by atoms with Gasteiger partial charge in [0.15, 0.2) is 0 Å². The Hall–Kier alpha value is -3.72. The molecule has 1 amide bonds. The molecule has 4 rings (SSSR count). The van der Waals surface area contributed by atoms with Gasteiger partial charge in [0.25, 0.3) is 11.5 Å². The molecule has 0 saturated heterocycles. The van der Waals surface area contributed by atoms with Gasteiger partial charge in [0.1, 0.15) is 17.2 Å². The molecule has 1 N–H and O–H groups in total. The topological polar surface area (TPSA) is 104 Å². The zero-order chi connectivity index (χ0) is 21.6. The van der Waals surface area contributed by atoms with Gasteiger partial charge in [0, 0.05) is 25.2 Å². The maximum absolute atomic E-state index is 12.9. The van der Waals surface area contributed by atoms with Gasteiger partial charge in [-0.2, -0.15) is 5.10 Å². The van der Waals surface area contributed by atoms with Crippen LogP contribution < -0.4 is 16.6 Å². The summed E-state index contributed by atoms with van der Waals surface area (Å²) in [6.07, 6.45) is 0. The number of aromatic nitrogens is 5. The van der Waals surface area contributed by atoms with Gasteiger partial charge in [0.05, 0.1) is 16.8 Å².